The van der Waals surface area contributed by atoms with E-state index in [1.54, 1.807) is 31.5 Å². The number of ether oxygens (including phenoxy) is 1. The first-order valence-corrected chi connectivity index (χ1v) is 8.00. The van der Waals surface area contributed by atoms with Crippen molar-refractivity contribution < 1.29 is 9.53 Å². The van der Waals surface area contributed by atoms with Crippen LogP contribution in [0.15, 0.2) is 47.5 Å². The van der Waals surface area contributed by atoms with Gasteiger partial charge in [0.25, 0.3) is 5.56 Å². The van der Waals surface area contributed by atoms with Crippen molar-refractivity contribution in [3.63, 3.8) is 0 Å². The number of hydrogen-bond acceptors (Lipinski definition) is 6. The highest BCUT2D eigenvalue weighted by Crippen LogP contribution is 2.15. The van der Waals surface area contributed by atoms with Gasteiger partial charge in [0, 0.05) is 24.2 Å². The average molecular weight is 349 g/mol. The van der Waals surface area contributed by atoms with Crippen LogP contribution in [-0.2, 0) is 11.3 Å². The zero-order chi connectivity index (χ0) is 18.3. The molecule has 0 aliphatic heterocycles. The van der Waals surface area contributed by atoms with Crippen LogP contribution in [-0.4, -0.2) is 30.0 Å². The maximum absolute atomic E-state index is 12.5. The molecule has 4 aromatic heterocycles. The number of aromatic nitrogens is 5. The van der Waals surface area contributed by atoms with Crippen LogP contribution in [0.2, 0.25) is 0 Å². The van der Waals surface area contributed by atoms with Gasteiger partial charge in [0.15, 0.2) is 5.65 Å². The lowest BCUT2D eigenvalue weighted by Gasteiger charge is -2.07. The number of aryl methyl sites for hydroxylation is 2. The van der Waals surface area contributed by atoms with E-state index in [9.17, 15) is 9.59 Å². The summed E-state index contributed by atoms with van der Waals surface area (Å²) in [5.74, 6) is -0.553. The molecule has 0 aromatic carbocycles. The van der Waals surface area contributed by atoms with Gasteiger partial charge < -0.3 is 4.74 Å². The lowest BCUT2D eigenvalue weighted by atomic mass is 10.2. The lowest BCUT2D eigenvalue weighted by Crippen LogP contribution is -2.18. The van der Waals surface area contributed by atoms with Gasteiger partial charge in [0.1, 0.15) is 17.8 Å². The Morgan fingerprint density at radius 3 is 2.92 bits per heavy atom. The highest BCUT2D eigenvalue weighted by Gasteiger charge is 2.20. The Bertz CT molecular complexity index is 1210. The van der Waals surface area contributed by atoms with E-state index in [-0.39, 0.29) is 12.2 Å². The molecular weight excluding hydrogens is 334 g/mol. The van der Waals surface area contributed by atoms with Crippen molar-refractivity contribution >= 4 is 17.3 Å². The Morgan fingerprint density at radius 2 is 2.08 bits per heavy atom. The zero-order valence-corrected chi connectivity index (χ0v) is 14.2. The molecule has 8 heteroatoms. The molecule has 130 valence electrons. The molecule has 0 bridgehead atoms. The Balaban J connectivity index is 1.63. The van der Waals surface area contributed by atoms with E-state index in [0.717, 1.165) is 5.69 Å². The Labute approximate surface area is 147 Å². The number of esters is 1. The van der Waals surface area contributed by atoms with E-state index in [0.29, 0.717) is 28.2 Å². The first-order valence-electron chi connectivity index (χ1n) is 8.00. The topological polar surface area (TPSA) is 90.9 Å². The maximum atomic E-state index is 12.5. The molecule has 4 rings (SSSR count). The summed E-state index contributed by atoms with van der Waals surface area (Å²) in [5.41, 5.74) is 2.73. The fraction of sp³-hybridized carbons (Fsp3) is 0.167. The number of pyridine rings is 1. The van der Waals surface area contributed by atoms with Gasteiger partial charge in [-0.3, -0.25) is 9.20 Å². The van der Waals surface area contributed by atoms with E-state index < -0.39 is 5.97 Å². The van der Waals surface area contributed by atoms with Gasteiger partial charge in [-0.05, 0) is 32.0 Å². The molecular formula is C18H15N5O3. The minimum atomic E-state index is -0.553. The van der Waals surface area contributed by atoms with Gasteiger partial charge in [-0.25, -0.2) is 19.3 Å². The number of nitrogens with zero attached hydrogens (tertiary/aromatic N) is 5. The Hall–Kier alpha value is -3.55. The summed E-state index contributed by atoms with van der Waals surface area (Å²) in [6.45, 7) is 3.44. The fourth-order valence-electron chi connectivity index (χ4n) is 2.88. The van der Waals surface area contributed by atoms with Crippen molar-refractivity contribution in [3.8, 4) is 0 Å². The van der Waals surface area contributed by atoms with Crippen LogP contribution in [0.25, 0.3) is 11.3 Å². The molecule has 0 N–H and O–H groups in total. The molecule has 0 amide bonds. The smallest absolute Gasteiger partial charge is 0.344 e. The standard InChI is InChI=1S/C18H15N5O3/c1-11-5-3-6-14-20-13(9-15(24)23(11)14)10-26-18(25)16-12(2)21-22-8-4-7-19-17(16)22/h3-9H,10H2,1-2H3. The van der Waals surface area contributed by atoms with Gasteiger partial charge in [-0.1, -0.05) is 6.07 Å². The first-order chi connectivity index (χ1) is 12.5. The van der Waals surface area contributed by atoms with Crippen molar-refractivity contribution in [1.82, 2.24) is 24.0 Å². The molecule has 0 fully saturated rings. The van der Waals surface area contributed by atoms with Crippen LogP contribution < -0.4 is 5.56 Å². The van der Waals surface area contributed by atoms with Gasteiger partial charge in [-0.2, -0.15) is 5.10 Å². The van der Waals surface area contributed by atoms with Crippen LogP contribution in [0.1, 0.15) is 27.4 Å². The van der Waals surface area contributed by atoms with Gasteiger partial charge >= 0.3 is 5.97 Å². The van der Waals surface area contributed by atoms with E-state index in [4.69, 9.17) is 4.74 Å². The lowest BCUT2D eigenvalue weighted by molar-refractivity contribution is 0.0469. The van der Waals surface area contributed by atoms with Crippen molar-refractivity contribution in [1.29, 1.82) is 0 Å². The molecule has 0 aliphatic carbocycles. The molecule has 8 nitrogen and oxygen atoms in total. The molecule has 0 saturated heterocycles. The van der Waals surface area contributed by atoms with Crippen molar-refractivity contribution in [2.45, 2.75) is 20.5 Å². The van der Waals surface area contributed by atoms with E-state index >= 15 is 0 Å². The third-order valence-corrected chi connectivity index (χ3v) is 4.06. The van der Waals surface area contributed by atoms with Crippen molar-refractivity contribution in [2.75, 3.05) is 0 Å². The second-order valence-corrected chi connectivity index (χ2v) is 5.87. The first kappa shape index (κ1) is 15.9. The number of fused-ring (bicyclic) bond motifs is 2. The van der Waals surface area contributed by atoms with Crippen molar-refractivity contribution in [2.24, 2.45) is 0 Å². The molecule has 0 spiro atoms. The summed E-state index contributed by atoms with van der Waals surface area (Å²) < 4.78 is 8.38. The third-order valence-electron chi connectivity index (χ3n) is 4.06. The summed E-state index contributed by atoms with van der Waals surface area (Å²) in [5, 5.41) is 4.24. The molecule has 4 heterocycles. The molecule has 0 radical (unpaired) electrons. The number of carbonyl (C=O) groups is 1. The predicted molar refractivity (Wildman–Crippen MR) is 93.0 cm³/mol. The van der Waals surface area contributed by atoms with Crippen LogP contribution in [0, 0.1) is 13.8 Å². The molecule has 26 heavy (non-hydrogen) atoms. The summed E-state index contributed by atoms with van der Waals surface area (Å²) in [4.78, 5) is 33.3. The van der Waals surface area contributed by atoms with Gasteiger partial charge in [0.05, 0.1) is 11.4 Å². The molecule has 0 saturated carbocycles. The summed E-state index contributed by atoms with van der Waals surface area (Å²) in [7, 11) is 0. The molecule has 0 unspecified atom stereocenters. The summed E-state index contributed by atoms with van der Waals surface area (Å²) >= 11 is 0. The Morgan fingerprint density at radius 1 is 1.23 bits per heavy atom. The summed E-state index contributed by atoms with van der Waals surface area (Å²) in [6, 6.07) is 8.48. The number of carbonyl (C=O) groups excluding carboxylic acids is 1. The maximum Gasteiger partial charge on any atom is 0.344 e. The minimum absolute atomic E-state index is 0.109. The van der Waals surface area contributed by atoms with E-state index in [2.05, 4.69) is 15.1 Å². The number of hydrogen-bond donors (Lipinski definition) is 0. The molecule has 0 atom stereocenters. The van der Waals surface area contributed by atoms with E-state index in [1.807, 2.05) is 19.1 Å². The average Bonchev–Trinajstić information content (AvgIpc) is 2.95. The predicted octanol–water partition coefficient (Wildman–Crippen LogP) is 1.71. The van der Waals surface area contributed by atoms with Crippen LogP contribution in [0.3, 0.4) is 0 Å². The van der Waals surface area contributed by atoms with Gasteiger partial charge in [0.2, 0.25) is 0 Å². The zero-order valence-electron chi connectivity index (χ0n) is 14.2. The second kappa shape index (κ2) is 6.07. The van der Waals surface area contributed by atoms with Crippen LogP contribution >= 0.6 is 0 Å². The van der Waals surface area contributed by atoms with Crippen LogP contribution in [0.5, 0.6) is 0 Å². The fourth-order valence-corrected chi connectivity index (χ4v) is 2.88. The molecule has 0 aliphatic rings. The molecule has 4 aromatic rings. The van der Waals surface area contributed by atoms with Crippen molar-refractivity contribution in [3.05, 3.63) is 75.7 Å². The SMILES string of the molecule is Cc1nn2cccnc2c1C(=O)OCc1cc(=O)n2c(C)cccc2n1. The normalized spacial score (nSPS) is 11.2. The quantitative estimate of drug-likeness (QED) is 0.523. The minimum Gasteiger partial charge on any atom is -0.455 e. The Kier molecular flexibility index (Phi) is 3.72. The number of rotatable bonds is 3. The monoisotopic (exact) mass is 349 g/mol. The van der Waals surface area contributed by atoms with E-state index in [1.165, 1.54) is 15.0 Å². The highest BCUT2D eigenvalue weighted by atomic mass is 16.5. The second-order valence-electron chi connectivity index (χ2n) is 5.87. The highest BCUT2D eigenvalue weighted by molar-refractivity contribution is 5.97. The summed E-state index contributed by atoms with van der Waals surface area (Å²) in [6.07, 6.45) is 3.29. The third kappa shape index (κ3) is 2.61. The van der Waals surface area contributed by atoms with Gasteiger partial charge in [-0.15, -0.1) is 0 Å². The van der Waals surface area contributed by atoms with Crippen LogP contribution in [0.4, 0.5) is 0 Å². The largest absolute Gasteiger partial charge is 0.455 e.